The van der Waals surface area contributed by atoms with Gasteiger partial charge in [0.2, 0.25) is 0 Å². The molecule has 0 spiro atoms. The number of aromatic nitrogens is 1. The molecule has 2 heteroatoms. The first-order valence-electron chi connectivity index (χ1n) is 5.03. The Kier molecular flexibility index (Phi) is 2.42. The van der Waals surface area contributed by atoms with E-state index in [1.807, 2.05) is 18.2 Å². The molecule has 0 unspecified atom stereocenters. The molecule has 2 rings (SSSR count). The highest BCUT2D eigenvalue weighted by Gasteiger charge is 2.07. The van der Waals surface area contributed by atoms with Crippen molar-refractivity contribution in [2.45, 2.75) is 13.3 Å². The number of hydrogen-bond donors (Lipinski definition) is 0. The van der Waals surface area contributed by atoms with Gasteiger partial charge in [-0.3, -0.25) is 9.36 Å². The third-order valence-corrected chi connectivity index (χ3v) is 2.62. The van der Waals surface area contributed by atoms with E-state index in [1.165, 1.54) is 11.6 Å². The Balaban J connectivity index is 2.71. The molecular formula is C13H13NO. The number of benzene rings is 1. The maximum absolute atomic E-state index is 11.5. The fraction of sp³-hybridized carbons (Fsp3) is 0.154. The van der Waals surface area contributed by atoms with Crippen LogP contribution in [0.1, 0.15) is 17.3 Å². The van der Waals surface area contributed by atoms with E-state index in [2.05, 4.69) is 19.6 Å². The Morgan fingerprint density at radius 1 is 1.47 bits per heavy atom. The number of hydrogen-bond acceptors (Lipinski definition) is 1. The standard InChI is InChI=1S/C13H13NO/c1-3-10-6-5-7-12-11(10)8-9-14(12)13(15)4-2/h4-9H,2-3H2,1H3. The van der Waals surface area contributed by atoms with Gasteiger partial charge >= 0.3 is 0 Å². The largest absolute Gasteiger partial charge is 0.284 e. The summed E-state index contributed by atoms with van der Waals surface area (Å²) in [5, 5.41) is 1.15. The highest BCUT2D eigenvalue weighted by atomic mass is 16.1. The van der Waals surface area contributed by atoms with Crippen molar-refractivity contribution in [1.29, 1.82) is 0 Å². The summed E-state index contributed by atoms with van der Waals surface area (Å²) in [6.07, 6.45) is 4.11. The Morgan fingerprint density at radius 3 is 2.93 bits per heavy atom. The predicted molar refractivity (Wildman–Crippen MR) is 62.1 cm³/mol. The van der Waals surface area contributed by atoms with E-state index in [4.69, 9.17) is 0 Å². The molecule has 1 aromatic heterocycles. The van der Waals surface area contributed by atoms with Crippen LogP contribution in [0.3, 0.4) is 0 Å². The number of carbonyl (C=O) groups is 1. The van der Waals surface area contributed by atoms with Crippen LogP contribution in [0.25, 0.3) is 10.9 Å². The predicted octanol–water partition coefficient (Wildman–Crippen LogP) is 3.03. The number of carbonyl (C=O) groups excluding carboxylic acids is 1. The van der Waals surface area contributed by atoms with Gasteiger partial charge in [-0.25, -0.2) is 0 Å². The molecule has 0 aliphatic carbocycles. The van der Waals surface area contributed by atoms with Crippen LogP contribution in [0.2, 0.25) is 0 Å². The first kappa shape index (κ1) is 9.71. The molecule has 1 heterocycles. The molecule has 0 saturated carbocycles. The first-order chi connectivity index (χ1) is 7.27. The third-order valence-electron chi connectivity index (χ3n) is 2.62. The molecule has 0 aliphatic rings. The molecule has 2 aromatic rings. The van der Waals surface area contributed by atoms with E-state index in [0.717, 1.165) is 17.3 Å². The second-order valence-corrected chi connectivity index (χ2v) is 3.43. The quantitative estimate of drug-likeness (QED) is 0.681. The van der Waals surface area contributed by atoms with Crippen molar-refractivity contribution in [3.63, 3.8) is 0 Å². The zero-order chi connectivity index (χ0) is 10.8. The van der Waals surface area contributed by atoms with E-state index in [9.17, 15) is 4.79 Å². The van der Waals surface area contributed by atoms with Crippen LogP contribution in [-0.2, 0) is 6.42 Å². The molecule has 0 bridgehead atoms. The van der Waals surface area contributed by atoms with Gasteiger partial charge in [-0.05, 0) is 30.2 Å². The van der Waals surface area contributed by atoms with Gasteiger partial charge in [0.25, 0.3) is 5.91 Å². The Labute approximate surface area is 88.8 Å². The van der Waals surface area contributed by atoms with Crippen molar-refractivity contribution in [3.05, 3.63) is 48.7 Å². The SMILES string of the molecule is C=CC(=O)n1ccc2c(CC)cccc21. The van der Waals surface area contributed by atoms with Crippen LogP contribution < -0.4 is 0 Å². The number of aryl methyl sites for hydroxylation is 1. The van der Waals surface area contributed by atoms with Gasteiger partial charge < -0.3 is 0 Å². The fourth-order valence-corrected chi connectivity index (χ4v) is 1.83. The number of nitrogens with zero attached hydrogens (tertiary/aromatic N) is 1. The van der Waals surface area contributed by atoms with Gasteiger partial charge in [0.05, 0.1) is 5.52 Å². The normalized spacial score (nSPS) is 10.5. The van der Waals surface area contributed by atoms with E-state index >= 15 is 0 Å². The monoisotopic (exact) mass is 199 g/mol. The number of fused-ring (bicyclic) bond motifs is 1. The zero-order valence-corrected chi connectivity index (χ0v) is 8.73. The third kappa shape index (κ3) is 1.48. The van der Waals surface area contributed by atoms with Crippen LogP contribution >= 0.6 is 0 Å². The van der Waals surface area contributed by atoms with E-state index in [0.29, 0.717) is 0 Å². The molecule has 0 radical (unpaired) electrons. The summed E-state index contributed by atoms with van der Waals surface area (Å²) in [6, 6.07) is 8.00. The summed E-state index contributed by atoms with van der Waals surface area (Å²) in [7, 11) is 0. The molecule has 0 N–H and O–H groups in total. The molecule has 0 atom stereocenters. The van der Waals surface area contributed by atoms with Gasteiger partial charge in [0, 0.05) is 11.6 Å². The Bertz CT molecular complexity index is 522. The van der Waals surface area contributed by atoms with Gasteiger partial charge in [-0.2, -0.15) is 0 Å². The molecule has 15 heavy (non-hydrogen) atoms. The average molecular weight is 199 g/mol. The minimum absolute atomic E-state index is 0.0850. The summed E-state index contributed by atoms with van der Waals surface area (Å²) in [5.41, 5.74) is 2.22. The Morgan fingerprint density at radius 2 is 2.27 bits per heavy atom. The topological polar surface area (TPSA) is 22.0 Å². The lowest BCUT2D eigenvalue weighted by Crippen LogP contribution is -2.04. The van der Waals surface area contributed by atoms with Gasteiger partial charge in [-0.15, -0.1) is 0 Å². The highest BCUT2D eigenvalue weighted by molar-refractivity contribution is 5.98. The van der Waals surface area contributed by atoms with Crippen molar-refractivity contribution < 1.29 is 4.79 Å². The molecule has 76 valence electrons. The van der Waals surface area contributed by atoms with Crippen LogP contribution in [-0.4, -0.2) is 10.5 Å². The maximum Gasteiger partial charge on any atom is 0.254 e. The van der Waals surface area contributed by atoms with Crippen molar-refractivity contribution >= 4 is 16.8 Å². The Hall–Kier alpha value is -1.83. The highest BCUT2D eigenvalue weighted by Crippen LogP contribution is 2.20. The van der Waals surface area contributed by atoms with Crippen molar-refractivity contribution in [2.24, 2.45) is 0 Å². The molecule has 0 amide bonds. The maximum atomic E-state index is 11.5. The van der Waals surface area contributed by atoms with Crippen molar-refractivity contribution in [3.8, 4) is 0 Å². The molecule has 2 nitrogen and oxygen atoms in total. The summed E-state index contributed by atoms with van der Waals surface area (Å²) >= 11 is 0. The average Bonchev–Trinajstić information content (AvgIpc) is 2.71. The van der Waals surface area contributed by atoms with Crippen molar-refractivity contribution in [2.75, 3.05) is 0 Å². The van der Waals surface area contributed by atoms with Crippen molar-refractivity contribution in [1.82, 2.24) is 4.57 Å². The van der Waals surface area contributed by atoms with E-state index in [1.54, 1.807) is 10.8 Å². The number of rotatable bonds is 2. The smallest absolute Gasteiger partial charge is 0.254 e. The van der Waals surface area contributed by atoms with Gasteiger partial charge in [0.15, 0.2) is 0 Å². The lowest BCUT2D eigenvalue weighted by Gasteiger charge is -2.02. The van der Waals surface area contributed by atoms with Crippen LogP contribution in [0, 0.1) is 0 Å². The minimum Gasteiger partial charge on any atom is -0.284 e. The minimum atomic E-state index is -0.0850. The van der Waals surface area contributed by atoms with E-state index in [-0.39, 0.29) is 5.91 Å². The summed E-state index contributed by atoms with van der Waals surface area (Å²) < 4.78 is 1.63. The zero-order valence-electron chi connectivity index (χ0n) is 8.73. The second-order valence-electron chi connectivity index (χ2n) is 3.43. The molecular weight excluding hydrogens is 186 g/mol. The van der Waals surface area contributed by atoms with Gasteiger partial charge in [-0.1, -0.05) is 25.6 Å². The van der Waals surface area contributed by atoms with Crippen LogP contribution in [0.15, 0.2) is 43.1 Å². The lowest BCUT2D eigenvalue weighted by atomic mass is 10.1. The van der Waals surface area contributed by atoms with Gasteiger partial charge in [0.1, 0.15) is 0 Å². The molecule has 0 aliphatic heterocycles. The molecule has 0 fully saturated rings. The summed E-state index contributed by atoms with van der Waals surface area (Å²) in [4.78, 5) is 11.5. The summed E-state index contributed by atoms with van der Waals surface area (Å²) in [6.45, 7) is 5.61. The van der Waals surface area contributed by atoms with E-state index < -0.39 is 0 Å². The fourth-order valence-electron chi connectivity index (χ4n) is 1.83. The van der Waals surface area contributed by atoms with Crippen LogP contribution in [0.5, 0.6) is 0 Å². The van der Waals surface area contributed by atoms with Crippen LogP contribution in [0.4, 0.5) is 0 Å². The lowest BCUT2D eigenvalue weighted by molar-refractivity contribution is 0.0974. The number of allylic oxidation sites excluding steroid dienone is 1. The summed E-state index contributed by atoms with van der Waals surface area (Å²) in [5.74, 6) is -0.0850. The second kappa shape index (κ2) is 3.73. The molecule has 0 saturated heterocycles. The molecule has 1 aromatic carbocycles. The first-order valence-corrected chi connectivity index (χ1v) is 5.03.